The second-order valence-corrected chi connectivity index (χ2v) is 8.26. The standard InChI is InChI=1S/C21H24N4O4S/c26-18(7-8-19(27)25-11-12-29-17-6-2-1-5-16(17)25)24-10-3-4-15(14-24)20(28)23-21-22-9-13-30-21/h1-2,5-6,9,13,15H,3-4,7-8,10-12,14H2,(H,22,23,28). The minimum absolute atomic E-state index is 0.0864. The van der Waals surface area contributed by atoms with Crippen LogP contribution >= 0.6 is 11.3 Å². The molecule has 30 heavy (non-hydrogen) atoms. The van der Waals surface area contributed by atoms with Crippen molar-refractivity contribution in [3.05, 3.63) is 35.8 Å². The number of carbonyl (C=O) groups excluding carboxylic acids is 3. The maximum Gasteiger partial charge on any atom is 0.231 e. The van der Waals surface area contributed by atoms with Gasteiger partial charge in [0, 0.05) is 37.5 Å². The molecule has 3 heterocycles. The number of aromatic nitrogens is 1. The van der Waals surface area contributed by atoms with Gasteiger partial charge < -0.3 is 19.9 Å². The first-order valence-electron chi connectivity index (χ1n) is 10.1. The number of fused-ring (bicyclic) bond motifs is 1. The first-order valence-corrected chi connectivity index (χ1v) is 11.0. The van der Waals surface area contributed by atoms with Crippen molar-refractivity contribution in [1.82, 2.24) is 9.88 Å². The fourth-order valence-electron chi connectivity index (χ4n) is 3.85. The van der Waals surface area contributed by atoms with Crippen LogP contribution in [0.5, 0.6) is 5.75 Å². The fourth-order valence-corrected chi connectivity index (χ4v) is 4.38. The van der Waals surface area contributed by atoms with Crippen LogP contribution in [0, 0.1) is 5.92 Å². The Morgan fingerprint density at radius 1 is 1.17 bits per heavy atom. The van der Waals surface area contributed by atoms with Crippen LogP contribution in [0.25, 0.3) is 0 Å². The number of nitrogens with one attached hydrogen (secondary N) is 1. The van der Waals surface area contributed by atoms with Crippen LogP contribution in [-0.4, -0.2) is 53.8 Å². The summed E-state index contributed by atoms with van der Waals surface area (Å²) < 4.78 is 5.59. The number of hydrogen-bond donors (Lipinski definition) is 1. The largest absolute Gasteiger partial charge is 0.490 e. The number of hydrogen-bond acceptors (Lipinski definition) is 6. The van der Waals surface area contributed by atoms with E-state index in [2.05, 4.69) is 10.3 Å². The van der Waals surface area contributed by atoms with E-state index in [1.54, 1.807) is 21.4 Å². The first-order chi connectivity index (χ1) is 14.6. The lowest BCUT2D eigenvalue weighted by Gasteiger charge is -2.32. The molecule has 2 aliphatic heterocycles. The number of piperidine rings is 1. The quantitative estimate of drug-likeness (QED) is 0.790. The van der Waals surface area contributed by atoms with Crippen molar-refractivity contribution in [2.24, 2.45) is 5.92 Å². The van der Waals surface area contributed by atoms with E-state index in [1.807, 2.05) is 24.3 Å². The Bertz CT molecular complexity index is 917. The molecule has 158 valence electrons. The van der Waals surface area contributed by atoms with Gasteiger partial charge in [-0.3, -0.25) is 14.4 Å². The summed E-state index contributed by atoms with van der Waals surface area (Å²) in [6.07, 6.45) is 3.43. The third-order valence-electron chi connectivity index (χ3n) is 5.39. The van der Waals surface area contributed by atoms with Crippen molar-refractivity contribution in [3.8, 4) is 5.75 Å². The molecule has 9 heteroatoms. The molecule has 1 fully saturated rings. The van der Waals surface area contributed by atoms with Gasteiger partial charge in [0.2, 0.25) is 17.7 Å². The van der Waals surface area contributed by atoms with Gasteiger partial charge in [0.1, 0.15) is 12.4 Å². The molecule has 8 nitrogen and oxygen atoms in total. The summed E-state index contributed by atoms with van der Waals surface area (Å²) in [5, 5.41) is 5.18. The van der Waals surface area contributed by atoms with E-state index in [1.165, 1.54) is 11.3 Å². The van der Waals surface area contributed by atoms with Crippen LogP contribution in [0.4, 0.5) is 10.8 Å². The van der Waals surface area contributed by atoms with E-state index in [0.29, 0.717) is 37.1 Å². The van der Waals surface area contributed by atoms with Gasteiger partial charge in [0.25, 0.3) is 0 Å². The summed E-state index contributed by atoms with van der Waals surface area (Å²) in [4.78, 5) is 45.4. The summed E-state index contributed by atoms with van der Waals surface area (Å²) in [5.41, 5.74) is 0.748. The Labute approximate surface area is 178 Å². The van der Waals surface area contributed by atoms with Crippen molar-refractivity contribution < 1.29 is 19.1 Å². The Kier molecular flexibility index (Phi) is 6.27. The molecule has 4 rings (SSSR count). The monoisotopic (exact) mass is 428 g/mol. The molecule has 0 aliphatic carbocycles. The highest BCUT2D eigenvalue weighted by Crippen LogP contribution is 2.31. The Morgan fingerprint density at radius 3 is 2.83 bits per heavy atom. The molecule has 0 bridgehead atoms. The first kappa shape index (κ1) is 20.3. The number of benzene rings is 1. The van der Waals surface area contributed by atoms with Gasteiger partial charge in [0.05, 0.1) is 18.2 Å². The number of ether oxygens (including phenoxy) is 1. The summed E-state index contributed by atoms with van der Waals surface area (Å²) >= 11 is 1.37. The summed E-state index contributed by atoms with van der Waals surface area (Å²) in [5.74, 6) is 0.149. The molecule has 3 amide bonds. The fraction of sp³-hybridized carbons (Fsp3) is 0.429. The minimum Gasteiger partial charge on any atom is -0.490 e. The van der Waals surface area contributed by atoms with Gasteiger partial charge in [-0.05, 0) is 25.0 Å². The SMILES string of the molecule is O=C(Nc1nccs1)C1CCCN(C(=O)CCC(=O)N2CCOc3ccccc32)C1. The molecule has 0 spiro atoms. The highest BCUT2D eigenvalue weighted by atomic mass is 32.1. The van der Waals surface area contributed by atoms with Gasteiger partial charge in [-0.25, -0.2) is 4.98 Å². The zero-order valence-corrected chi connectivity index (χ0v) is 17.4. The zero-order chi connectivity index (χ0) is 20.9. The second kappa shape index (κ2) is 9.25. The molecule has 1 atom stereocenters. The molecule has 1 unspecified atom stereocenters. The maximum absolute atomic E-state index is 12.7. The molecular weight excluding hydrogens is 404 g/mol. The van der Waals surface area contributed by atoms with Gasteiger partial charge in [-0.2, -0.15) is 0 Å². The van der Waals surface area contributed by atoms with Crippen LogP contribution in [-0.2, 0) is 14.4 Å². The molecule has 0 radical (unpaired) electrons. The summed E-state index contributed by atoms with van der Waals surface area (Å²) in [6.45, 7) is 1.92. The van der Waals surface area contributed by atoms with Gasteiger partial charge in [-0.1, -0.05) is 12.1 Å². The van der Waals surface area contributed by atoms with Crippen LogP contribution < -0.4 is 15.0 Å². The molecule has 2 aliphatic rings. The molecule has 1 aromatic heterocycles. The maximum atomic E-state index is 12.7. The Hall–Kier alpha value is -2.94. The van der Waals surface area contributed by atoms with Crippen molar-refractivity contribution >= 4 is 39.9 Å². The minimum atomic E-state index is -0.256. The Morgan fingerprint density at radius 2 is 2.00 bits per heavy atom. The van der Waals surface area contributed by atoms with Crippen molar-refractivity contribution in [2.45, 2.75) is 25.7 Å². The molecule has 2 aromatic rings. The lowest BCUT2D eigenvalue weighted by atomic mass is 9.97. The Balaban J connectivity index is 1.29. The van der Waals surface area contributed by atoms with Gasteiger partial charge in [0.15, 0.2) is 5.13 Å². The van der Waals surface area contributed by atoms with Crippen LogP contribution in [0.1, 0.15) is 25.7 Å². The molecule has 1 aromatic carbocycles. The van der Waals surface area contributed by atoms with Crippen LogP contribution in [0.15, 0.2) is 35.8 Å². The summed E-state index contributed by atoms with van der Waals surface area (Å²) in [7, 11) is 0. The second-order valence-electron chi connectivity index (χ2n) is 7.37. The number of likely N-dealkylation sites (tertiary alicyclic amines) is 1. The number of carbonyl (C=O) groups is 3. The average Bonchev–Trinajstić information content (AvgIpc) is 3.30. The number of nitrogens with zero attached hydrogens (tertiary/aromatic N) is 3. The lowest BCUT2D eigenvalue weighted by Crippen LogP contribution is -2.44. The number of anilines is 2. The normalized spacial score (nSPS) is 18.3. The molecular formula is C21H24N4O4S. The van der Waals surface area contributed by atoms with E-state index < -0.39 is 0 Å². The van der Waals surface area contributed by atoms with E-state index in [4.69, 9.17) is 4.74 Å². The average molecular weight is 429 g/mol. The van der Waals surface area contributed by atoms with Gasteiger partial charge >= 0.3 is 0 Å². The third kappa shape index (κ3) is 4.62. The third-order valence-corrected chi connectivity index (χ3v) is 6.08. The highest BCUT2D eigenvalue weighted by Gasteiger charge is 2.30. The van der Waals surface area contributed by atoms with E-state index in [9.17, 15) is 14.4 Å². The van der Waals surface area contributed by atoms with Crippen LogP contribution in [0.2, 0.25) is 0 Å². The van der Waals surface area contributed by atoms with Gasteiger partial charge in [-0.15, -0.1) is 11.3 Å². The van der Waals surface area contributed by atoms with Crippen LogP contribution in [0.3, 0.4) is 0 Å². The zero-order valence-electron chi connectivity index (χ0n) is 16.6. The van der Waals surface area contributed by atoms with E-state index in [-0.39, 0.29) is 36.5 Å². The molecule has 1 N–H and O–H groups in total. The summed E-state index contributed by atoms with van der Waals surface area (Å²) in [6, 6.07) is 7.42. The predicted molar refractivity (Wildman–Crippen MR) is 114 cm³/mol. The molecule has 0 saturated carbocycles. The number of amides is 3. The lowest BCUT2D eigenvalue weighted by molar-refractivity contribution is -0.136. The predicted octanol–water partition coefficient (Wildman–Crippen LogP) is 2.53. The van der Waals surface area contributed by atoms with E-state index >= 15 is 0 Å². The number of thiazole rings is 1. The number of para-hydroxylation sites is 2. The topological polar surface area (TPSA) is 91.8 Å². The number of rotatable bonds is 5. The van der Waals surface area contributed by atoms with E-state index in [0.717, 1.165) is 18.5 Å². The highest BCUT2D eigenvalue weighted by molar-refractivity contribution is 7.13. The van der Waals surface area contributed by atoms with Crippen molar-refractivity contribution in [2.75, 3.05) is 36.5 Å². The van der Waals surface area contributed by atoms with Crippen molar-refractivity contribution in [3.63, 3.8) is 0 Å². The smallest absolute Gasteiger partial charge is 0.231 e. The van der Waals surface area contributed by atoms with Crippen molar-refractivity contribution in [1.29, 1.82) is 0 Å². The molecule has 1 saturated heterocycles.